The van der Waals surface area contributed by atoms with Crippen LogP contribution in [-0.4, -0.2) is 30.0 Å². The Hall–Kier alpha value is -1.86. The Kier molecular flexibility index (Phi) is 6.13. The average molecular weight is 329 g/mol. The standard InChI is InChI=1S/C14H20N4O3.ClH/c1-8-5-10(13(15)12(6-8)18(20)21)14(19)17-11-7-16-4-3-9(11)2;/h5-6,9,11,16H,3-4,7,15H2,1-2H3,(H,17,19);1H. The molecule has 1 aromatic rings. The van der Waals surface area contributed by atoms with Crippen LogP contribution in [0.4, 0.5) is 11.4 Å². The number of nitrogen functional groups attached to an aromatic ring is 1. The van der Waals surface area contributed by atoms with Crippen molar-refractivity contribution in [3.05, 3.63) is 33.4 Å². The van der Waals surface area contributed by atoms with E-state index >= 15 is 0 Å². The largest absolute Gasteiger partial charge is 0.393 e. The fourth-order valence-electron chi connectivity index (χ4n) is 2.55. The smallest absolute Gasteiger partial charge is 0.293 e. The molecule has 1 heterocycles. The van der Waals surface area contributed by atoms with Crippen LogP contribution in [0.25, 0.3) is 0 Å². The highest BCUT2D eigenvalue weighted by molar-refractivity contribution is 6.01. The third-order valence-electron chi connectivity index (χ3n) is 3.89. The van der Waals surface area contributed by atoms with Gasteiger partial charge < -0.3 is 16.4 Å². The number of hydrogen-bond donors (Lipinski definition) is 3. The second-order valence-corrected chi connectivity index (χ2v) is 5.55. The number of carbonyl (C=O) groups is 1. The zero-order chi connectivity index (χ0) is 15.6. The fourth-order valence-corrected chi connectivity index (χ4v) is 2.55. The summed E-state index contributed by atoms with van der Waals surface area (Å²) in [7, 11) is 0. The molecule has 1 aromatic carbocycles. The first-order valence-electron chi connectivity index (χ1n) is 6.96. The van der Waals surface area contributed by atoms with Gasteiger partial charge in [0.15, 0.2) is 0 Å². The summed E-state index contributed by atoms with van der Waals surface area (Å²) in [5.74, 6) is -0.00364. The molecule has 1 aliphatic rings. The van der Waals surface area contributed by atoms with E-state index in [0.29, 0.717) is 18.0 Å². The maximum atomic E-state index is 12.4. The number of halogens is 1. The third kappa shape index (κ3) is 3.86. The number of nitro benzene ring substituents is 1. The number of nitrogens with two attached hydrogens (primary N) is 1. The lowest BCUT2D eigenvalue weighted by Crippen LogP contribution is -2.50. The highest BCUT2D eigenvalue weighted by Gasteiger charge is 2.26. The van der Waals surface area contributed by atoms with Crippen LogP contribution in [0, 0.1) is 23.0 Å². The Morgan fingerprint density at radius 1 is 1.50 bits per heavy atom. The van der Waals surface area contributed by atoms with Crippen LogP contribution >= 0.6 is 12.4 Å². The maximum absolute atomic E-state index is 12.4. The van der Waals surface area contributed by atoms with Crippen molar-refractivity contribution in [2.45, 2.75) is 26.3 Å². The molecule has 0 spiro atoms. The van der Waals surface area contributed by atoms with Crippen LogP contribution in [0.15, 0.2) is 12.1 Å². The van der Waals surface area contributed by atoms with Crippen molar-refractivity contribution in [3.8, 4) is 0 Å². The summed E-state index contributed by atoms with van der Waals surface area (Å²) < 4.78 is 0. The number of nitrogens with zero attached hydrogens (tertiary/aromatic N) is 1. The van der Waals surface area contributed by atoms with Gasteiger partial charge in [0, 0.05) is 18.7 Å². The molecule has 1 aliphatic heterocycles. The topological polar surface area (TPSA) is 110 Å². The van der Waals surface area contributed by atoms with Crippen molar-refractivity contribution < 1.29 is 9.72 Å². The first kappa shape index (κ1) is 18.2. The first-order valence-corrected chi connectivity index (χ1v) is 6.96. The molecule has 0 saturated carbocycles. The predicted octanol–water partition coefficient (Wildman–Crippen LogP) is 1.64. The third-order valence-corrected chi connectivity index (χ3v) is 3.89. The van der Waals surface area contributed by atoms with Gasteiger partial charge in [-0.3, -0.25) is 14.9 Å². The van der Waals surface area contributed by atoms with Gasteiger partial charge >= 0.3 is 0 Å². The van der Waals surface area contributed by atoms with E-state index in [-0.39, 0.29) is 41.3 Å². The van der Waals surface area contributed by atoms with Crippen molar-refractivity contribution in [1.29, 1.82) is 0 Å². The number of nitro groups is 1. The van der Waals surface area contributed by atoms with Gasteiger partial charge in [-0.05, 0) is 37.4 Å². The molecular weight excluding hydrogens is 308 g/mol. The number of aryl methyl sites for hydroxylation is 1. The average Bonchev–Trinajstić information content (AvgIpc) is 2.43. The van der Waals surface area contributed by atoms with E-state index in [4.69, 9.17) is 5.73 Å². The van der Waals surface area contributed by atoms with Gasteiger partial charge in [0.05, 0.1) is 10.5 Å². The van der Waals surface area contributed by atoms with E-state index in [9.17, 15) is 14.9 Å². The number of anilines is 1. The molecule has 4 N–H and O–H groups in total. The molecular formula is C14H21ClN4O3. The summed E-state index contributed by atoms with van der Waals surface area (Å²) in [4.78, 5) is 22.8. The summed E-state index contributed by atoms with van der Waals surface area (Å²) in [6.45, 7) is 5.41. The minimum Gasteiger partial charge on any atom is -0.393 e. The molecule has 2 unspecified atom stereocenters. The van der Waals surface area contributed by atoms with Crippen LogP contribution in [0.3, 0.4) is 0 Å². The van der Waals surface area contributed by atoms with E-state index in [1.807, 2.05) is 0 Å². The van der Waals surface area contributed by atoms with Crippen LogP contribution in [0.5, 0.6) is 0 Å². The highest BCUT2D eigenvalue weighted by Crippen LogP contribution is 2.27. The van der Waals surface area contributed by atoms with Crippen molar-refractivity contribution >= 4 is 29.7 Å². The van der Waals surface area contributed by atoms with E-state index < -0.39 is 4.92 Å². The molecule has 22 heavy (non-hydrogen) atoms. The lowest BCUT2D eigenvalue weighted by atomic mass is 9.94. The van der Waals surface area contributed by atoms with Crippen molar-refractivity contribution in [2.75, 3.05) is 18.8 Å². The molecule has 2 rings (SSSR count). The second-order valence-electron chi connectivity index (χ2n) is 5.55. The van der Waals surface area contributed by atoms with E-state index in [1.54, 1.807) is 13.0 Å². The first-order chi connectivity index (χ1) is 9.90. The van der Waals surface area contributed by atoms with Gasteiger partial charge in [-0.15, -0.1) is 12.4 Å². The number of carbonyl (C=O) groups excluding carboxylic acids is 1. The van der Waals surface area contributed by atoms with Gasteiger partial charge in [-0.2, -0.15) is 0 Å². The number of piperidine rings is 1. The maximum Gasteiger partial charge on any atom is 0.293 e. The van der Waals surface area contributed by atoms with Gasteiger partial charge in [-0.25, -0.2) is 0 Å². The van der Waals surface area contributed by atoms with Crippen molar-refractivity contribution in [1.82, 2.24) is 10.6 Å². The summed E-state index contributed by atoms with van der Waals surface area (Å²) in [5, 5.41) is 17.1. The zero-order valence-electron chi connectivity index (χ0n) is 12.6. The normalized spacial score (nSPS) is 20.8. The molecule has 8 heteroatoms. The number of amides is 1. The Morgan fingerprint density at radius 2 is 2.18 bits per heavy atom. The minimum absolute atomic E-state index is 0. The van der Waals surface area contributed by atoms with Crippen molar-refractivity contribution in [2.24, 2.45) is 5.92 Å². The minimum atomic E-state index is -0.566. The van der Waals surface area contributed by atoms with E-state index in [0.717, 1.165) is 13.0 Å². The summed E-state index contributed by atoms with van der Waals surface area (Å²) in [6, 6.07) is 2.96. The Morgan fingerprint density at radius 3 is 2.77 bits per heavy atom. The number of rotatable bonds is 3. The van der Waals surface area contributed by atoms with Gasteiger partial charge in [-0.1, -0.05) is 6.92 Å². The van der Waals surface area contributed by atoms with Crippen LogP contribution < -0.4 is 16.4 Å². The molecule has 1 amide bonds. The van der Waals surface area contributed by atoms with Crippen molar-refractivity contribution in [3.63, 3.8) is 0 Å². The number of hydrogen-bond acceptors (Lipinski definition) is 5. The highest BCUT2D eigenvalue weighted by atomic mass is 35.5. The predicted molar refractivity (Wildman–Crippen MR) is 87.4 cm³/mol. The zero-order valence-corrected chi connectivity index (χ0v) is 13.4. The van der Waals surface area contributed by atoms with Gasteiger partial charge in [0.25, 0.3) is 11.6 Å². The molecule has 122 valence electrons. The van der Waals surface area contributed by atoms with Crippen LogP contribution in [0.1, 0.15) is 29.3 Å². The number of benzene rings is 1. The Balaban J connectivity index is 0.00000242. The number of nitrogens with one attached hydrogen (secondary N) is 2. The van der Waals surface area contributed by atoms with Crippen LogP contribution in [-0.2, 0) is 0 Å². The summed E-state index contributed by atoms with van der Waals surface area (Å²) in [6.07, 6.45) is 0.981. The summed E-state index contributed by atoms with van der Waals surface area (Å²) >= 11 is 0. The van der Waals surface area contributed by atoms with E-state index in [1.165, 1.54) is 6.07 Å². The molecule has 0 aliphatic carbocycles. The monoisotopic (exact) mass is 328 g/mol. The Labute approximate surface area is 135 Å². The van der Waals surface area contributed by atoms with E-state index in [2.05, 4.69) is 17.6 Å². The molecule has 1 fully saturated rings. The quantitative estimate of drug-likeness (QED) is 0.444. The second kappa shape index (κ2) is 7.42. The molecule has 1 saturated heterocycles. The molecule has 0 bridgehead atoms. The van der Waals surface area contributed by atoms with Gasteiger partial charge in [0.1, 0.15) is 5.69 Å². The molecule has 0 radical (unpaired) electrons. The molecule has 0 aromatic heterocycles. The summed E-state index contributed by atoms with van der Waals surface area (Å²) in [5.41, 5.74) is 6.27. The fraction of sp³-hybridized carbons (Fsp3) is 0.500. The lowest BCUT2D eigenvalue weighted by molar-refractivity contribution is -0.384. The molecule has 2 atom stereocenters. The lowest BCUT2D eigenvalue weighted by Gasteiger charge is -2.30. The Bertz CT molecular complexity index is 579. The molecule has 7 nitrogen and oxygen atoms in total. The SMILES string of the molecule is Cc1cc(C(=O)NC2CNCCC2C)c(N)c([N+](=O)[O-])c1.Cl. The van der Waals surface area contributed by atoms with Gasteiger partial charge in [0.2, 0.25) is 0 Å². The van der Waals surface area contributed by atoms with Crippen LogP contribution in [0.2, 0.25) is 0 Å².